The molecule has 0 saturated carbocycles. The molecule has 2 heterocycles. The van der Waals surface area contributed by atoms with Crippen LogP contribution in [0.4, 0.5) is 11.4 Å². The van der Waals surface area contributed by atoms with Crippen LogP contribution in [0.25, 0.3) is 0 Å². The number of H-pyrrole nitrogens is 1. The molecule has 0 atom stereocenters. The predicted molar refractivity (Wildman–Crippen MR) is 127 cm³/mol. The second-order valence-corrected chi connectivity index (χ2v) is 8.71. The number of anilines is 1. The molecule has 2 aromatic rings. The number of nitro groups is 1. The molecule has 1 aliphatic heterocycles. The normalized spacial score (nSPS) is 15.4. The fourth-order valence-corrected chi connectivity index (χ4v) is 4.62. The maximum absolute atomic E-state index is 12.5. The molecule has 12 heteroatoms. The van der Waals surface area contributed by atoms with Gasteiger partial charge in [-0.1, -0.05) is 0 Å². The predicted octanol–water partition coefficient (Wildman–Crippen LogP) is 0.179. The Morgan fingerprint density at radius 3 is 2.40 bits per heavy atom. The standard InChI is InChI=1S/C23H28N6O6/c30-20(9-10-28-19-4-2-1-3-18(19)22(32)25-23(28)33)24-15-21(31)27-13-11-26(12-14-27)16-5-7-17(8-6-16)29(34)35/h5-8H,1-4,9-15H2,(H,24,30)(H,25,32,33). The summed E-state index contributed by atoms with van der Waals surface area (Å²) in [4.78, 5) is 65.6. The van der Waals surface area contributed by atoms with Crippen LogP contribution in [0.15, 0.2) is 33.9 Å². The van der Waals surface area contributed by atoms with Gasteiger partial charge in [0.05, 0.1) is 11.5 Å². The molecular formula is C23H28N6O6. The van der Waals surface area contributed by atoms with E-state index in [1.165, 1.54) is 16.7 Å². The van der Waals surface area contributed by atoms with Crippen LogP contribution in [0.2, 0.25) is 0 Å². The van der Waals surface area contributed by atoms with Crippen LogP contribution in [0.3, 0.4) is 0 Å². The second kappa shape index (κ2) is 10.5. The summed E-state index contributed by atoms with van der Waals surface area (Å²) in [6.07, 6.45) is 3.09. The van der Waals surface area contributed by atoms with Crippen LogP contribution >= 0.6 is 0 Å². The first-order chi connectivity index (χ1) is 16.8. The van der Waals surface area contributed by atoms with Crippen LogP contribution in [0, 0.1) is 10.1 Å². The quantitative estimate of drug-likeness (QED) is 0.420. The number of benzene rings is 1. The van der Waals surface area contributed by atoms with E-state index in [2.05, 4.69) is 15.2 Å². The van der Waals surface area contributed by atoms with Gasteiger partial charge in [0.2, 0.25) is 11.8 Å². The molecular weight excluding hydrogens is 456 g/mol. The lowest BCUT2D eigenvalue weighted by Gasteiger charge is -2.36. The smallest absolute Gasteiger partial charge is 0.328 e. The Labute approximate surface area is 200 Å². The van der Waals surface area contributed by atoms with Gasteiger partial charge in [-0.2, -0.15) is 0 Å². The number of aromatic nitrogens is 2. The summed E-state index contributed by atoms with van der Waals surface area (Å²) in [7, 11) is 0. The molecule has 1 aromatic carbocycles. The average molecular weight is 485 g/mol. The number of aromatic amines is 1. The second-order valence-electron chi connectivity index (χ2n) is 8.71. The zero-order chi connectivity index (χ0) is 24.9. The van der Waals surface area contributed by atoms with Gasteiger partial charge in [0.1, 0.15) is 0 Å². The van der Waals surface area contributed by atoms with Crippen molar-refractivity contribution < 1.29 is 14.5 Å². The Kier molecular flexibility index (Phi) is 7.28. The molecule has 186 valence electrons. The molecule has 2 N–H and O–H groups in total. The highest BCUT2D eigenvalue weighted by Crippen LogP contribution is 2.20. The van der Waals surface area contributed by atoms with Crippen LogP contribution in [0.5, 0.6) is 0 Å². The van der Waals surface area contributed by atoms with E-state index in [1.807, 2.05) is 0 Å². The number of carbonyl (C=O) groups excluding carboxylic acids is 2. The molecule has 1 fully saturated rings. The largest absolute Gasteiger partial charge is 0.368 e. The summed E-state index contributed by atoms with van der Waals surface area (Å²) >= 11 is 0. The summed E-state index contributed by atoms with van der Waals surface area (Å²) < 4.78 is 1.47. The van der Waals surface area contributed by atoms with E-state index in [0.29, 0.717) is 50.3 Å². The number of hydrogen-bond donors (Lipinski definition) is 2. The lowest BCUT2D eigenvalue weighted by molar-refractivity contribution is -0.384. The topological polar surface area (TPSA) is 151 Å². The third-order valence-corrected chi connectivity index (χ3v) is 6.56. The van der Waals surface area contributed by atoms with E-state index >= 15 is 0 Å². The number of non-ortho nitro benzene ring substituents is 1. The van der Waals surface area contributed by atoms with Gasteiger partial charge in [-0.15, -0.1) is 0 Å². The van der Waals surface area contributed by atoms with Gasteiger partial charge in [0.15, 0.2) is 0 Å². The first-order valence-electron chi connectivity index (χ1n) is 11.7. The van der Waals surface area contributed by atoms with Crippen molar-refractivity contribution in [1.29, 1.82) is 0 Å². The Hall–Kier alpha value is -3.96. The molecule has 0 spiro atoms. The first-order valence-corrected chi connectivity index (χ1v) is 11.7. The van der Waals surface area contributed by atoms with Gasteiger partial charge >= 0.3 is 5.69 Å². The van der Waals surface area contributed by atoms with Gasteiger partial charge in [-0.05, 0) is 37.8 Å². The molecule has 0 unspecified atom stereocenters. The van der Waals surface area contributed by atoms with Crippen molar-refractivity contribution in [2.45, 2.75) is 38.6 Å². The van der Waals surface area contributed by atoms with Crippen molar-refractivity contribution in [2.75, 3.05) is 37.6 Å². The number of hydrogen-bond acceptors (Lipinski definition) is 7. The Morgan fingerprint density at radius 2 is 1.71 bits per heavy atom. The number of nitro benzene ring substituents is 1. The van der Waals surface area contributed by atoms with E-state index < -0.39 is 10.6 Å². The summed E-state index contributed by atoms with van der Waals surface area (Å²) in [6.45, 7) is 2.13. The number of fused-ring (bicyclic) bond motifs is 1. The molecule has 2 aliphatic rings. The average Bonchev–Trinajstić information content (AvgIpc) is 2.87. The van der Waals surface area contributed by atoms with Gasteiger partial charge in [-0.25, -0.2) is 4.79 Å². The Morgan fingerprint density at radius 1 is 1.03 bits per heavy atom. The number of nitrogens with zero attached hydrogens (tertiary/aromatic N) is 4. The minimum Gasteiger partial charge on any atom is -0.368 e. The highest BCUT2D eigenvalue weighted by molar-refractivity contribution is 5.84. The van der Waals surface area contributed by atoms with E-state index in [9.17, 15) is 29.3 Å². The molecule has 2 amide bonds. The molecule has 0 radical (unpaired) electrons. The fourth-order valence-electron chi connectivity index (χ4n) is 4.62. The number of rotatable bonds is 7. The highest BCUT2D eigenvalue weighted by Gasteiger charge is 2.22. The monoisotopic (exact) mass is 484 g/mol. The first kappa shape index (κ1) is 24.2. The number of amides is 2. The molecule has 4 rings (SSSR count). The third kappa shape index (κ3) is 5.58. The molecule has 35 heavy (non-hydrogen) atoms. The molecule has 1 aromatic heterocycles. The summed E-state index contributed by atoms with van der Waals surface area (Å²) in [5.74, 6) is -0.536. The van der Waals surface area contributed by atoms with Gasteiger partial charge < -0.3 is 15.1 Å². The third-order valence-electron chi connectivity index (χ3n) is 6.56. The highest BCUT2D eigenvalue weighted by atomic mass is 16.6. The van der Waals surface area contributed by atoms with Crippen LogP contribution in [-0.4, -0.2) is 63.9 Å². The van der Waals surface area contributed by atoms with E-state index in [-0.39, 0.29) is 42.6 Å². The van der Waals surface area contributed by atoms with Gasteiger partial charge in [0.25, 0.3) is 11.2 Å². The summed E-state index contributed by atoms with van der Waals surface area (Å²) in [5, 5.41) is 13.4. The minimum atomic E-state index is -0.509. The minimum absolute atomic E-state index is 0.0274. The van der Waals surface area contributed by atoms with Crippen LogP contribution in [-0.2, 0) is 29.0 Å². The van der Waals surface area contributed by atoms with Crippen LogP contribution < -0.4 is 21.5 Å². The van der Waals surface area contributed by atoms with Crippen molar-refractivity contribution in [3.05, 3.63) is 66.5 Å². The zero-order valence-corrected chi connectivity index (χ0v) is 19.3. The maximum Gasteiger partial charge on any atom is 0.328 e. The van der Waals surface area contributed by atoms with E-state index in [0.717, 1.165) is 18.5 Å². The number of nitrogens with one attached hydrogen (secondary N) is 2. The lowest BCUT2D eigenvalue weighted by atomic mass is 9.97. The molecule has 1 saturated heterocycles. The zero-order valence-electron chi connectivity index (χ0n) is 19.3. The number of carbonyl (C=O) groups is 2. The van der Waals surface area contributed by atoms with Crippen LogP contribution in [0.1, 0.15) is 30.5 Å². The molecule has 12 nitrogen and oxygen atoms in total. The van der Waals surface area contributed by atoms with E-state index in [1.54, 1.807) is 17.0 Å². The summed E-state index contributed by atoms with van der Waals surface area (Å²) in [5.41, 5.74) is 1.37. The van der Waals surface area contributed by atoms with Gasteiger partial charge in [-0.3, -0.25) is 34.0 Å². The fraction of sp³-hybridized carbons (Fsp3) is 0.478. The molecule has 0 bridgehead atoms. The lowest BCUT2D eigenvalue weighted by Crippen LogP contribution is -2.51. The SMILES string of the molecule is O=C(CCn1c2c(c(=O)[nH]c1=O)CCCC2)NCC(=O)N1CCN(c2ccc([N+](=O)[O-])cc2)CC1. The Bertz CT molecular complexity index is 1230. The van der Waals surface area contributed by atoms with Crippen molar-refractivity contribution in [1.82, 2.24) is 19.8 Å². The molecule has 1 aliphatic carbocycles. The Balaban J connectivity index is 1.24. The summed E-state index contributed by atoms with van der Waals surface area (Å²) in [6, 6.07) is 6.31. The van der Waals surface area contributed by atoms with E-state index in [4.69, 9.17) is 0 Å². The van der Waals surface area contributed by atoms with Crippen molar-refractivity contribution in [3.8, 4) is 0 Å². The van der Waals surface area contributed by atoms with Gasteiger partial charge in [0, 0.05) is 68.2 Å². The van der Waals surface area contributed by atoms with Crippen molar-refractivity contribution in [3.63, 3.8) is 0 Å². The van der Waals surface area contributed by atoms with Crippen molar-refractivity contribution >= 4 is 23.2 Å². The van der Waals surface area contributed by atoms with Crippen molar-refractivity contribution in [2.24, 2.45) is 0 Å². The number of piperazine rings is 1. The maximum atomic E-state index is 12.5.